The third kappa shape index (κ3) is 5.06. The molecule has 1 amide bonds. The molecule has 0 aromatic heterocycles. The van der Waals surface area contributed by atoms with E-state index in [2.05, 4.69) is 5.32 Å². The molecule has 3 nitrogen and oxygen atoms in total. The highest BCUT2D eigenvalue weighted by Crippen LogP contribution is 2.38. The van der Waals surface area contributed by atoms with Gasteiger partial charge in [-0.1, -0.05) is 12.1 Å². The molecule has 0 radical (unpaired) electrons. The Morgan fingerprint density at radius 2 is 1.44 bits per heavy atom. The predicted molar refractivity (Wildman–Crippen MR) is 103 cm³/mol. The Labute approximate surface area is 180 Å². The molecule has 2 aromatic rings. The molecular formula is C22H21F7N2O. The van der Waals surface area contributed by atoms with Gasteiger partial charge < -0.3 is 10.2 Å². The highest BCUT2D eigenvalue weighted by molar-refractivity contribution is 5.88. The van der Waals surface area contributed by atoms with Crippen molar-refractivity contribution in [2.75, 3.05) is 20.1 Å². The molecule has 32 heavy (non-hydrogen) atoms. The van der Waals surface area contributed by atoms with Crippen LogP contribution in [0.5, 0.6) is 0 Å². The number of nitrogens with zero attached hydrogens (tertiary/aromatic N) is 1. The summed E-state index contributed by atoms with van der Waals surface area (Å²) in [7, 11) is 1.34. The van der Waals surface area contributed by atoms with E-state index in [1.807, 2.05) is 0 Å². The van der Waals surface area contributed by atoms with Gasteiger partial charge in [0.2, 0.25) is 5.91 Å². The number of piperidine rings is 1. The number of carbonyl (C=O) groups is 1. The minimum Gasteiger partial charge on any atom is -0.341 e. The van der Waals surface area contributed by atoms with Gasteiger partial charge in [0.05, 0.1) is 16.5 Å². The molecule has 1 saturated heterocycles. The molecule has 0 saturated carbocycles. The van der Waals surface area contributed by atoms with Gasteiger partial charge in [0.1, 0.15) is 5.82 Å². The summed E-state index contributed by atoms with van der Waals surface area (Å²) < 4.78 is 92.3. The first-order chi connectivity index (χ1) is 14.8. The number of rotatable bonds is 4. The van der Waals surface area contributed by atoms with Crippen molar-refractivity contribution in [3.8, 4) is 0 Å². The highest BCUT2D eigenvalue weighted by atomic mass is 19.4. The van der Waals surface area contributed by atoms with E-state index in [-0.39, 0.29) is 11.6 Å². The second kappa shape index (κ2) is 8.73. The van der Waals surface area contributed by atoms with E-state index >= 15 is 0 Å². The summed E-state index contributed by atoms with van der Waals surface area (Å²) in [6, 6.07) is 6.69. The number of alkyl halides is 6. The van der Waals surface area contributed by atoms with Crippen molar-refractivity contribution in [2.24, 2.45) is 0 Å². The minimum atomic E-state index is -4.97. The summed E-state index contributed by atoms with van der Waals surface area (Å²) in [5.74, 6) is -0.932. The fraction of sp³-hybridized carbons (Fsp3) is 0.409. The summed E-state index contributed by atoms with van der Waals surface area (Å²) in [6.07, 6.45) is -9.22. The Balaban J connectivity index is 1.95. The lowest BCUT2D eigenvalue weighted by Gasteiger charge is -2.39. The second-order valence-corrected chi connectivity index (χ2v) is 7.91. The maximum atomic E-state index is 13.4. The SMILES string of the molecule is CN(Cc1cc(C(F)(F)F)cc(C(F)(F)F)c1)C(=O)C1(c2ccc(F)cc2)CCNCC1. The molecule has 1 aliphatic heterocycles. The normalized spacial score (nSPS) is 16.6. The van der Waals surface area contributed by atoms with Crippen LogP contribution >= 0.6 is 0 Å². The predicted octanol–water partition coefficient (Wildman–Crippen LogP) is 5.14. The van der Waals surface area contributed by atoms with Crippen molar-refractivity contribution in [1.82, 2.24) is 10.2 Å². The lowest BCUT2D eigenvalue weighted by Crippen LogP contribution is -2.51. The van der Waals surface area contributed by atoms with Crippen LogP contribution < -0.4 is 5.32 Å². The van der Waals surface area contributed by atoms with Crippen LogP contribution in [0.3, 0.4) is 0 Å². The van der Waals surface area contributed by atoms with Crippen molar-refractivity contribution in [2.45, 2.75) is 37.2 Å². The molecule has 0 bridgehead atoms. The lowest BCUT2D eigenvalue weighted by atomic mass is 9.72. The minimum absolute atomic E-state index is 0.0537. The number of likely N-dealkylation sites (N-methyl/N-ethyl adjacent to an activating group) is 1. The number of benzene rings is 2. The monoisotopic (exact) mass is 462 g/mol. The zero-order valence-corrected chi connectivity index (χ0v) is 17.1. The summed E-state index contributed by atoms with van der Waals surface area (Å²) in [5, 5.41) is 3.12. The number of carbonyl (C=O) groups excluding carboxylic acids is 1. The number of hydrogen-bond donors (Lipinski definition) is 1. The van der Waals surface area contributed by atoms with E-state index in [1.54, 1.807) is 0 Å². The van der Waals surface area contributed by atoms with Crippen LogP contribution in [0.4, 0.5) is 30.7 Å². The Morgan fingerprint density at radius 3 is 1.91 bits per heavy atom. The molecule has 2 aromatic carbocycles. The number of amides is 1. The van der Waals surface area contributed by atoms with Crippen LogP contribution in [-0.2, 0) is 29.1 Å². The molecule has 1 fully saturated rings. The molecule has 1 heterocycles. The number of nitrogens with one attached hydrogen (secondary N) is 1. The highest BCUT2D eigenvalue weighted by Gasteiger charge is 2.43. The van der Waals surface area contributed by atoms with Gasteiger partial charge in [-0.2, -0.15) is 26.3 Å². The largest absolute Gasteiger partial charge is 0.416 e. The summed E-state index contributed by atoms with van der Waals surface area (Å²) in [6.45, 7) is 0.527. The van der Waals surface area contributed by atoms with Crippen molar-refractivity contribution in [3.05, 3.63) is 70.5 Å². The van der Waals surface area contributed by atoms with Gasteiger partial charge in [0.25, 0.3) is 0 Å². The fourth-order valence-corrected chi connectivity index (χ4v) is 4.07. The third-order valence-corrected chi connectivity index (χ3v) is 5.68. The summed E-state index contributed by atoms with van der Waals surface area (Å²) in [5.41, 5.74) is -3.65. The van der Waals surface area contributed by atoms with Crippen LogP contribution in [0, 0.1) is 5.82 Å². The van der Waals surface area contributed by atoms with Crippen molar-refractivity contribution >= 4 is 5.91 Å². The standard InChI is InChI=1S/C22H21F7N2O/c1-31(13-14-10-16(21(24,25)26)12-17(11-14)22(27,28)29)19(32)20(6-8-30-9-7-20)15-2-4-18(23)5-3-15/h2-5,10-12,30H,6-9,13H2,1H3. The number of halogens is 7. The van der Waals surface area contributed by atoms with Gasteiger partial charge in [-0.15, -0.1) is 0 Å². The van der Waals surface area contributed by atoms with Crippen molar-refractivity contribution in [1.29, 1.82) is 0 Å². The smallest absolute Gasteiger partial charge is 0.341 e. The van der Waals surface area contributed by atoms with Crippen LogP contribution in [0.2, 0.25) is 0 Å². The lowest BCUT2D eigenvalue weighted by molar-refractivity contribution is -0.143. The first-order valence-electron chi connectivity index (χ1n) is 9.84. The molecule has 0 spiro atoms. The Hall–Kier alpha value is -2.62. The quantitative estimate of drug-likeness (QED) is 0.638. The van der Waals surface area contributed by atoms with Crippen molar-refractivity contribution in [3.63, 3.8) is 0 Å². The van der Waals surface area contributed by atoms with Gasteiger partial charge in [-0.05, 0) is 67.4 Å². The molecule has 0 atom stereocenters. The topological polar surface area (TPSA) is 32.3 Å². The molecule has 1 aliphatic rings. The molecule has 1 N–H and O–H groups in total. The van der Waals surface area contributed by atoms with E-state index < -0.39 is 47.2 Å². The van der Waals surface area contributed by atoms with Gasteiger partial charge in [0.15, 0.2) is 0 Å². The summed E-state index contributed by atoms with van der Waals surface area (Å²) >= 11 is 0. The van der Waals surface area contributed by atoms with E-state index in [0.29, 0.717) is 43.6 Å². The first kappa shape index (κ1) is 24.0. The average molecular weight is 462 g/mol. The third-order valence-electron chi connectivity index (χ3n) is 5.68. The van der Waals surface area contributed by atoms with Crippen LogP contribution in [0.25, 0.3) is 0 Å². The van der Waals surface area contributed by atoms with Gasteiger partial charge in [-0.25, -0.2) is 4.39 Å². The van der Waals surface area contributed by atoms with Gasteiger partial charge in [-0.3, -0.25) is 4.79 Å². The fourth-order valence-electron chi connectivity index (χ4n) is 4.07. The first-order valence-corrected chi connectivity index (χ1v) is 9.84. The zero-order chi connectivity index (χ0) is 23.7. The zero-order valence-electron chi connectivity index (χ0n) is 17.1. The average Bonchev–Trinajstić information content (AvgIpc) is 2.72. The molecule has 0 unspecified atom stereocenters. The molecule has 174 valence electrons. The van der Waals surface area contributed by atoms with E-state index in [1.165, 1.54) is 31.3 Å². The molecule has 10 heteroatoms. The van der Waals surface area contributed by atoms with E-state index in [0.717, 1.165) is 4.90 Å². The van der Waals surface area contributed by atoms with Crippen molar-refractivity contribution < 1.29 is 35.5 Å². The van der Waals surface area contributed by atoms with Gasteiger partial charge in [0, 0.05) is 13.6 Å². The van der Waals surface area contributed by atoms with Gasteiger partial charge >= 0.3 is 12.4 Å². The Kier molecular flexibility index (Phi) is 6.55. The van der Waals surface area contributed by atoms with E-state index in [9.17, 15) is 35.5 Å². The summed E-state index contributed by atoms with van der Waals surface area (Å²) in [4.78, 5) is 14.6. The maximum Gasteiger partial charge on any atom is 0.416 e. The van der Waals surface area contributed by atoms with Crippen LogP contribution in [-0.4, -0.2) is 30.9 Å². The van der Waals surface area contributed by atoms with Crippen LogP contribution in [0.15, 0.2) is 42.5 Å². The number of hydrogen-bond acceptors (Lipinski definition) is 2. The molecule has 3 rings (SSSR count). The Bertz CT molecular complexity index is 929. The maximum absolute atomic E-state index is 13.4. The Morgan fingerprint density at radius 1 is 0.938 bits per heavy atom. The van der Waals surface area contributed by atoms with Crippen LogP contribution in [0.1, 0.15) is 35.1 Å². The van der Waals surface area contributed by atoms with E-state index in [4.69, 9.17) is 0 Å². The molecule has 0 aliphatic carbocycles. The molecular weight excluding hydrogens is 441 g/mol. The second-order valence-electron chi connectivity index (χ2n) is 7.91.